The summed E-state index contributed by atoms with van der Waals surface area (Å²) in [6, 6.07) is 8.66. The molecule has 0 atom stereocenters. The summed E-state index contributed by atoms with van der Waals surface area (Å²) in [7, 11) is 0. The van der Waals surface area contributed by atoms with Gasteiger partial charge >= 0.3 is 0 Å². The molecule has 2 nitrogen and oxygen atoms in total. The number of fused-ring (bicyclic) bond motifs is 1. The van der Waals surface area contributed by atoms with Crippen LogP contribution in [0.3, 0.4) is 0 Å². The highest BCUT2D eigenvalue weighted by atomic mass is 127. The minimum atomic E-state index is 0.988. The normalized spacial score (nSPS) is 11.4. The van der Waals surface area contributed by atoms with Gasteiger partial charge in [-0.1, -0.05) is 34.7 Å². The van der Waals surface area contributed by atoms with Gasteiger partial charge in [-0.3, -0.25) is 0 Å². The van der Waals surface area contributed by atoms with Gasteiger partial charge in [0.25, 0.3) is 0 Å². The zero-order valence-corrected chi connectivity index (χ0v) is 16.6. The molecule has 1 aromatic carbocycles. The van der Waals surface area contributed by atoms with Crippen LogP contribution in [0.2, 0.25) is 0 Å². The molecule has 0 amide bonds. The van der Waals surface area contributed by atoms with Gasteiger partial charge in [0.15, 0.2) is 0 Å². The number of hydrogen-bond donors (Lipinski definition) is 1. The van der Waals surface area contributed by atoms with E-state index in [1.807, 2.05) is 5.38 Å². The van der Waals surface area contributed by atoms with Crippen LogP contribution in [0.25, 0.3) is 31.9 Å². The van der Waals surface area contributed by atoms with E-state index in [4.69, 9.17) is 0 Å². The first-order valence-electron chi connectivity index (χ1n) is 6.43. The van der Waals surface area contributed by atoms with Crippen molar-refractivity contribution >= 4 is 80.7 Å². The highest BCUT2D eigenvalue weighted by molar-refractivity contribution is 14.1. The lowest BCUT2D eigenvalue weighted by atomic mass is 10.1. The van der Waals surface area contributed by atoms with Crippen molar-refractivity contribution in [3.05, 3.63) is 40.6 Å². The molecule has 22 heavy (non-hydrogen) atoms. The van der Waals surface area contributed by atoms with Crippen molar-refractivity contribution in [1.82, 2.24) is 8.75 Å². The lowest BCUT2D eigenvalue weighted by Gasteiger charge is -2.03. The van der Waals surface area contributed by atoms with Crippen molar-refractivity contribution in [2.45, 2.75) is 9.32 Å². The lowest BCUT2D eigenvalue weighted by molar-refractivity contribution is 1.53. The Morgan fingerprint density at radius 3 is 2.14 bits per heavy atom. The van der Waals surface area contributed by atoms with E-state index >= 15 is 0 Å². The van der Waals surface area contributed by atoms with Crippen molar-refractivity contribution in [3.8, 4) is 20.9 Å². The Bertz CT molecular complexity index is 953. The maximum absolute atomic E-state index is 4.54. The summed E-state index contributed by atoms with van der Waals surface area (Å²) in [5.74, 6) is 0. The minimum Gasteiger partial charge on any atom is -0.172 e. The van der Waals surface area contributed by atoms with Gasteiger partial charge in [0.05, 0.1) is 11.7 Å². The molecule has 3 aromatic heterocycles. The van der Waals surface area contributed by atoms with E-state index in [0.717, 1.165) is 25.9 Å². The fourth-order valence-electron chi connectivity index (χ4n) is 2.32. The number of alkyl halides is 1. The van der Waals surface area contributed by atoms with E-state index in [2.05, 4.69) is 73.6 Å². The van der Waals surface area contributed by atoms with Crippen LogP contribution in [0, 0.1) is 0 Å². The molecule has 0 N–H and O–H groups in total. The second-order valence-electron chi connectivity index (χ2n) is 4.74. The van der Waals surface area contributed by atoms with E-state index < -0.39 is 0 Å². The SMILES string of the molecule is Sc1csc(-c2ccc(-c3cc(CI)cs3)c3nsnc23)c1. The number of benzene rings is 1. The molecule has 7 heteroatoms. The Hall–Kier alpha value is -0.480. The minimum absolute atomic E-state index is 0.988. The Balaban J connectivity index is 1.91. The number of rotatable bonds is 3. The summed E-state index contributed by atoms with van der Waals surface area (Å²) in [5, 5.41) is 4.26. The lowest BCUT2D eigenvalue weighted by Crippen LogP contribution is -1.82. The fourth-order valence-corrected chi connectivity index (χ4v) is 5.75. The molecule has 0 aliphatic rings. The first kappa shape index (κ1) is 15.1. The summed E-state index contributed by atoms with van der Waals surface area (Å²) in [6.07, 6.45) is 0. The number of aromatic nitrogens is 2. The first-order valence-corrected chi connectivity index (χ1v) is 10.9. The summed E-state index contributed by atoms with van der Waals surface area (Å²) < 4.78 is 10.1. The number of thiophene rings is 2. The fraction of sp³-hybridized carbons (Fsp3) is 0.0667. The number of halogens is 1. The van der Waals surface area contributed by atoms with E-state index in [0.29, 0.717) is 0 Å². The molecule has 4 aromatic rings. The first-order chi connectivity index (χ1) is 10.8. The van der Waals surface area contributed by atoms with Gasteiger partial charge in [0.2, 0.25) is 0 Å². The monoisotopic (exact) mass is 472 g/mol. The van der Waals surface area contributed by atoms with Gasteiger partial charge < -0.3 is 0 Å². The third-order valence-electron chi connectivity index (χ3n) is 3.34. The van der Waals surface area contributed by atoms with Gasteiger partial charge in [-0.15, -0.1) is 35.3 Å². The average molecular weight is 472 g/mol. The van der Waals surface area contributed by atoms with Gasteiger partial charge in [-0.05, 0) is 23.1 Å². The van der Waals surface area contributed by atoms with E-state index in [1.54, 1.807) is 22.7 Å². The molecule has 110 valence electrons. The standard InChI is InChI=1S/C15H9IN2S4/c16-5-8-3-12(20-6-8)10-1-2-11(13-4-9(19)7-21-13)15-14(10)17-22-18-15/h1-4,6-7,19H,5H2. The van der Waals surface area contributed by atoms with Crippen molar-refractivity contribution in [1.29, 1.82) is 0 Å². The predicted molar refractivity (Wildman–Crippen MR) is 109 cm³/mol. The Kier molecular flexibility index (Phi) is 4.25. The zero-order chi connectivity index (χ0) is 15.1. The molecule has 0 aliphatic heterocycles. The number of nitrogens with zero attached hydrogens (tertiary/aromatic N) is 2. The average Bonchev–Trinajstić information content (AvgIpc) is 3.26. The van der Waals surface area contributed by atoms with Crippen molar-refractivity contribution in [2.24, 2.45) is 0 Å². The third kappa shape index (κ3) is 2.62. The molecular formula is C15H9IN2S4. The van der Waals surface area contributed by atoms with E-state index in [-0.39, 0.29) is 0 Å². The van der Waals surface area contributed by atoms with Crippen LogP contribution in [0.4, 0.5) is 0 Å². The topological polar surface area (TPSA) is 25.8 Å². The molecule has 0 fully saturated rings. The molecular weight excluding hydrogens is 463 g/mol. The van der Waals surface area contributed by atoms with Gasteiger partial charge in [0, 0.05) is 35.6 Å². The highest BCUT2D eigenvalue weighted by Crippen LogP contribution is 2.39. The zero-order valence-electron chi connectivity index (χ0n) is 11.1. The molecule has 0 aliphatic carbocycles. The molecule has 0 spiro atoms. The molecule has 4 rings (SSSR count). The van der Waals surface area contributed by atoms with Gasteiger partial charge in [0.1, 0.15) is 11.0 Å². The van der Waals surface area contributed by atoms with Crippen LogP contribution in [0.5, 0.6) is 0 Å². The quantitative estimate of drug-likeness (QED) is 0.213. The molecule has 0 saturated heterocycles. The Morgan fingerprint density at radius 1 is 0.955 bits per heavy atom. The van der Waals surface area contributed by atoms with Crippen molar-refractivity contribution in [2.75, 3.05) is 0 Å². The Labute approximate surface area is 159 Å². The van der Waals surface area contributed by atoms with E-state index in [1.165, 1.54) is 32.6 Å². The maximum Gasteiger partial charge on any atom is 0.114 e. The molecule has 0 radical (unpaired) electrons. The van der Waals surface area contributed by atoms with Crippen LogP contribution < -0.4 is 0 Å². The third-order valence-corrected chi connectivity index (χ3v) is 7.16. The van der Waals surface area contributed by atoms with Gasteiger partial charge in [-0.25, -0.2) is 0 Å². The van der Waals surface area contributed by atoms with Gasteiger partial charge in [-0.2, -0.15) is 8.75 Å². The van der Waals surface area contributed by atoms with Crippen LogP contribution in [0.15, 0.2) is 39.9 Å². The van der Waals surface area contributed by atoms with Crippen LogP contribution in [-0.2, 0) is 4.43 Å². The molecule has 0 bridgehead atoms. The number of hydrogen-bond acceptors (Lipinski definition) is 6. The van der Waals surface area contributed by atoms with Crippen LogP contribution in [-0.4, -0.2) is 8.75 Å². The highest BCUT2D eigenvalue weighted by Gasteiger charge is 2.15. The maximum atomic E-state index is 4.54. The molecule has 3 heterocycles. The summed E-state index contributed by atoms with van der Waals surface area (Å²) >= 11 is 11.5. The largest absolute Gasteiger partial charge is 0.172 e. The summed E-state index contributed by atoms with van der Waals surface area (Å²) in [5.41, 5.74) is 5.67. The van der Waals surface area contributed by atoms with Crippen LogP contribution in [0.1, 0.15) is 5.56 Å². The van der Waals surface area contributed by atoms with E-state index in [9.17, 15) is 0 Å². The van der Waals surface area contributed by atoms with Crippen molar-refractivity contribution < 1.29 is 0 Å². The molecule has 0 saturated carbocycles. The van der Waals surface area contributed by atoms with Crippen molar-refractivity contribution in [3.63, 3.8) is 0 Å². The summed E-state index contributed by atoms with van der Waals surface area (Å²) in [4.78, 5) is 3.44. The second kappa shape index (κ2) is 6.20. The van der Waals surface area contributed by atoms with Crippen LogP contribution >= 0.6 is 69.6 Å². The second-order valence-corrected chi connectivity index (χ2v) is 8.37. The number of thiol groups is 1. The summed E-state index contributed by atoms with van der Waals surface area (Å²) in [6.45, 7) is 0. The predicted octanol–water partition coefficient (Wildman–Crippen LogP) is 6.37. The molecule has 0 unspecified atom stereocenters. The Morgan fingerprint density at radius 2 is 1.59 bits per heavy atom. The smallest absolute Gasteiger partial charge is 0.114 e.